The van der Waals surface area contributed by atoms with Gasteiger partial charge in [0.15, 0.2) is 0 Å². The molecule has 2 N–H and O–H groups in total. The maximum absolute atomic E-state index is 13.2. The Morgan fingerprint density at radius 1 is 1.44 bits per heavy atom. The van der Waals surface area contributed by atoms with Crippen molar-refractivity contribution in [1.29, 1.82) is 0 Å². The first-order chi connectivity index (χ1) is 7.54. The highest BCUT2D eigenvalue weighted by atomic mass is 19.1. The molecule has 0 aromatic carbocycles. The lowest BCUT2D eigenvalue weighted by Gasteiger charge is -2.43. The van der Waals surface area contributed by atoms with Crippen molar-refractivity contribution in [2.45, 2.75) is 38.6 Å². The highest BCUT2D eigenvalue weighted by Gasteiger charge is 2.39. The molecule has 1 aromatic rings. The molecule has 3 atom stereocenters. The van der Waals surface area contributed by atoms with Gasteiger partial charge >= 0.3 is 0 Å². The SMILES string of the molecule is CC1CCCC(N)(c2cncc(F)c2)C1C. The molecule has 88 valence electrons. The molecule has 0 spiro atoms. The molecular formula is C13H19FN2. The first-order valence-electron chi connectivity index (χ1n) is 5.94. The van der Waals surface area contributed by atoms with Gasteiger partial charge in [-0.25, -0.2) is 4.39 Å². The number of rotatable bonds is 1. The number of pyridine rings is 1. The van der Waals surface area contributed by atoms with Crippen molar-refractivity contribution in [3.05, 3.63) is 29.8 Å². The number of aromatic nitrogens is 1. The lowest BCUT2D eigenvalue weighted by molar-refractivity contribution is 0.143. The van der Waals surface area contributed by atoms with Gasteiger partial charge in [-0.1, -0.05) is 26.7 Å². The molecule has 1 heterocycles. The van der Waals surface area contributed by atoms with Gasteiger partial charge in [0.25, 0.3) is 0 Å². The number of hydrogen-bond donors (Lipinski definition) is 1. The van der Waals surface area contributed by atoms with Gasteiger partial charge < -0.3 is 5.73 Å². The standard InChI is InChI=1S/C13H19FN2/c1-9-4-3-5-13(15,10(9)2)11-6-12(14)8-16-7-11/h6-10H,3-5,15H2,1-2H3. The molecule has 0 aliphatic heterocycles. The van der Waals surface area contributed by atoms with Gasteiger partial charge in [0.2, 0.25) is 0 Å². The highest BCUT2D eigenvalue weighted by molar-refractivity contribution is 5.23. The molecule has 1 aliphatic rings. The Balaban J connectivity index is 2.36. The van der Waals surface area contributed by atoms with Crippen LogP contribution >= 0.6 is 0 Å². The van der Waals surface area contributed by atoms with Gasteiger partial charge in [-0.3, -0.25) is 4.98 Å². The number of nitrogens with zero attached hydrogens (tertiary/aromatic N) is 1. The van der Waals surface area contributed by atoms with E-state index in [0.717, 1.165) is 18.4 Å². The molecule has 2 rings (SSSR count). The lowest BCUT2D eigenvalue weighted by Crippen LogP contribution is -2.48. The summed E-state index contributed by atoms with van der Waals surface area (Å²) in [4.78, 5) is 3.91. The Labute approximate surface area is 96.1 Å². The third-order valence-electron chi connectivity index (χ3n) is 4.16. The van der Waals surface area contributed by atoms with Crippen LogP contribution in [0.1, 0.15) is 38.7 Å². The molecule has 3 unspecified atom stereocenters. The van der Waals surface area contributed by atoms with Crippen LogP contribution in [-0.2, 0) is 5.54 Å². The second-order valence-electron chi connectivity index (χ2n) is 5.09. The van der Waals surface area contributed by atoms with Crippen molar-refractivity contribution in [1.82, 2.24) is 4.98 Å². The van der Waals surface area contributed by atoms with Gasteiger partial charge in [0, 0.05) is 11.7 Å². The third-order valence-corrected chi connectivity index (χ3v) is 4.16. The lowest BCUT2D eigenvalue weighted by atomic mass is 9.66. The molecule has 1 aliphatic carbocycles. The maximum Gasteiger partial charge on any atom is 0.141 e. The van der Waals surface area contributed by atoms with Crippen molar-refractivity contribution < 1.29 is 4.39 Å². The van der Waals surface area contributed by atoms with Crippen LogP contribution in [0.2, 0.25) is 0 Å². The Morgan fingerprint density at radius 3 is 2.88 bits per heavy atom. The van der Waals surface area contributed by atoms with Crippen LogP contribution in [0.5, 0.6) is 0 Å². The van der Waals surface area contributed by atoms with E-state index in [1.165, 1.54) is 18.7 Å². The van der Waals surface area contributed by atoms with Crippen LogP contribution < -0.4 is 5.73 Å². The highest BCUT2D eigenvalue weighted by Crippen LogP contribution is 2.42. The predicted molar refractivity (Wildman–Crippen MR) is 62.2 cm³/mol. The first-order valence-corrected chi connectivity index (χ1v) is 5.94. The zero-order valence-electron chi connectivity index (χ0n) is 9.91. The Kier molecular flexibility index (Phi) is 2.98. The molecule has 0 amide bonds. The fourth-order valence-corrected chi connectivity index (χ4v) is 2.78. The van der Waals surface area contributed by atoms with E-state index in [0.29, 0.717) is 11.8 Å². The summed E-state index contributed by atoms with van der Waals surface area (Å²) in [6.45, 7) is 4.38. The fraction of sp³-hybridized carbons (Fsp3) is 0.615. The van der Waals surface area contributed by atoms with Gasteiger partial charge in [0.05, 0.1) is 6.20 Å². The van der Waals surface area contributed by atoms with Crippen LogP contribution in [0.3, 0.4) is 0 Å². The van der Waals surface area contributed by atoms with Crippen LogP contribution in [0.15, 0.2) is 18.5 Å². The fourth-order valence-electron chi connectivity index (χ4n) is 2.78. The minimum Gasteiger partial charge on any atom is -0.321 e. The van der Waals surface area contributed by atoms with E-state index in [4.69, 9.17) is 5.73 Å². The quantitative estimate of drug-likeness (QED) is 0.793. The summed E-state index contributed by atoms with van der Waals surface area (Å²) in [6.07, 6.45) is 6.17. The molecule has 1 aromatic heterocycles. The van der Waals surface area contributed by atoms with E-state index in [2.05, 4.69) is 18.8 Å². The normalized spacial score (nSPS) is 35.0. The average molecular weight is 222 g/mol. The first kappa shape index (κ1) is 11.5. The van der Waals surface area contributed by atoms with E-state index in [1.807, 2.05) is 0 Å². The number of nitrogens with two attached hydrogens (primary N) is 1. The van der Waals surface area contributed by atoms with E-state index in [-0.39, 0.29) is 5.82 Å². The Morgan fingerprint density at radius 2 is 2.19 bits per heavy atom. The molecule has 16 heavy (non-hydrogen) atoms. The van der Waals surface area contributed by atoms with Crippen molar-refractivity contribution in [2.75, 3.05) is 0 Å². The molecule has 1 fully saturated rings. The van der Waals surface area contributed by atoms with Crippen LogP contribution in [0.4, 0.5) is 4.39 Å². The monoisotopic (exact) mass is 222 g/mol. The molecule has 1 saturated carbocycles. The third kappa shape index (κ3) is 1.84. The molecule has 3 heteroatoms. The van der Waals surface area contributed by atoms with E-state index >= 15 is 0 Å². The smallest absolute Gasteiger partial charge is 0.141 e. The van der Waals surface area contributed by atoms with Gasteiger partial charge in [-0.05, 0) is 29.9 Å². The Bertz CT molecular complexity index is 380. The summed E-state index contributed by atoms with van der Waals surface area (Å²) < 4.78 is 13.2. The predicted octanol–water partition coefficient (Wildman–Crippen LogP) is 2.83. The van der Waals surface area contributed by atoms with Crippen molar-refractivity contribution in [3.63, 3.8) is 0 Å². The minimum atomic E-state index is -0.410. The molecule has 2 nitrogen and oxygen atoms in total. The van der Waals surface area contributed by atoms with Gasteiger partial charge in [0.1, 0.15) is 5.82 Å². The van der Waals surface area contributed by atoms with Crippen LogP contribution in [0, 0.1) is 17.7 Å². The zero-order valence-corrected chi connectivity index (χ0v) is 9.91. The molecule has 0 bridgehead atoms. The number of halogens is 1. The largest absolute Gasteiger partial charge is 0.321 e. The summed E-state index contributed by atoms with van der Waals surface area (Å²) in [5, 5.41) is 0. The van der Waals surface area contributed by atoms with E-state index in [9.17, 15) is 4.39 Å². The maximum atomic E-state index is 13.2. The Hall–Kier alpha value is -0.960. The van der Waals surface area contributed by atoms with Crippen LogP contribution in [0.25, 0.3) is 0 Å². The second kappa shape index (κ2) is 4.13. The molecule has 0 saturated heterocycles. The van der Waals surface area contributed by atoms with Gasteiger partial charge in [-0.15, -0.1) is 0 Å². The summed E-state index contributed by atoms with van der Waals surface area (Å²) in [5.41, 5.74) is 6.91. The summed E-state index contributed by atoms with van der Waals surface area (Å²) >= 11 is 0. The van der Waals surface area contributed by atoms with Crippen LogP contribution in [-0.4, -0.2) is 4.98 Å². The van der Waals surface area contributed by atoms with Crippen molar-refractivity contribution in [2.24, 2.45) is 17.6 Å². The summed E-state index contributed by atoms with van der Waals surface area (Å²) in [5.74, 6) is 0.652. The second-order valence-corrected chi connectivity index (χ2v) is 5.09. The molecular weight excluding hydrogens is 203 g/mol. The summed E-state index contributed by atoms with van der Waals surface area (Å²) in [6, 6.07) is 1.53. The van der Waals surface area contributed by atoms with Gasteiger partial charge in [-0.2, -0.15) is 0 Å². The van der Waals surface area contributed by atoms with E-state index < -0.39 is 5.54 Å². The van der Waals surface area contributed by atoms with Crippen molar-refractivity contribution >= 4 is 0 Å². The number of hydrogen-bond acceptors (Lipinski definition) is 2. The average Bonchev–Trinajstić information content (AvgIpc) is 2.26. The van der Waals surface area contributed by atoms with Crippen molar-refractivity contribution in [3.8, 4) is 0 Å². The topological polar surface area (TPSA) is 38.9 Å². The molecule has 0 radical (unpaired) electrons. The van der Waals surface area contributed by atoms with E-state index in [1.54, 1.807) is 6.20 Å². The zero-order chi connectivity index (χ0) is 11.8. The summed E-state index contributed by atoms with van der Waals surface area (Å²) in [7, 11) is 0. The minimum absolute atomic E-state index is 0.298.